The van der Waals surface area contributed by atoms with Gasteiger partial charge >= 0.3 is 0 Å². The van der Waals surface area contributed by atoms with Crippen LogP contribution >= 0.6 is 28.1 Å². The lowest BCUT2D eigenvalue weighted by Gasteiger charge is -2.11. The smallest absolute Gasteiger partial charge is 0.262 e. The van der Waals surface area contributed by atoms with Crippen LogP contribution in [0.15, 0.2) is 53.0 Å². The van der Waals surface area contributed by atoms with Gasteiger partial charge in [0.25, 0.3) is 5.91 Å². The third-order valence-electron chi connectivity index (χ3n) is 2.62. The molecule has 0 unspecified atom stereocenters. The van der Waals surface area contributed by atoms with Crippen LogP contribution in [-0.4, -0.2) is 17.5 Å². The number of rotatable bonds is 5. The molecule has 2 aromatic carbocycles. The number of benzene rings is 2. The Morgan fingerprint density at radius 3 is 2.62 bits per heavy atom. The molecule has 0 bridgehead atoms. The third kappa shape index (κ3) is 4.54. The molecule has 0 atom stereocenters. The maximum Gasteiger partial charge on any atom is 0.262 e. The second-order valence-electron chi connectivity index (χ2n) is 4.21. The molecule has 0 saturated heterocycles. The van der Waals surface area contributed by atoms with Gasteiger partial charge in [-0.2, -0.15) is 0 Å². The van der Waals surface area contributed by atoms with Crippen molar-refractivity contribution >= 4 is 44.7 Å². The van der Waals surface area contributed by atoms with E-state index in [0.717, 1.165) is 10.2 Å². The second-order valence-corrected chi connectivity index (χ2v) is 5.56. The fourth-order valence-electron chi connectivity index (χ4n) is 1.68. The zero-order chi connectivity index (χ0) is 15.2. The number of hydrogen-bond acceptors (Lipinski definition) is 3. The van der Waals surface area contributed by atoms with Crippen molar-refractivity contribution in [1.82, 2.24) is 0 Å². The summed E-state index contributed by atoms with van der Waals surface area (Å²) in [5, 5.41) is 2.73. The van der Waals surface area contributed by atoms with E-state index in [-0.39, 0.29) is 17.5 Å². The van der Waals surface area contributed by atoms with Gasteiger partial charge in [0.1, 0.15) is 10.7 Å². The van der Waals surface area contributed by atoms with Gasteiger partial charge in [-0.05, 0) is 30.3 Å². The summed E-state index contributed by atoms with van der Waals surface area (Å²) in [6.07, 6.45) is 0. The third-order valence-corrected chi connectivity index (χ3v) is 3.34. The molecule has 6 heteroatoms. The van der Waals surface area contributed by atoms with E-state index in [9.17, 15) is 4.79 Å². The number of amides is 1. The van der Waals surface area contributed by atoms with E-state index in [1.165, 1.54) is 0 Å². The minimum Gasteiger partial charge on any atom is -0.483 e. The van der Waals surface area contributed by atoms with Crippen LogP contribution in [0, 0.1) is 0 Å². The van der Waals surface area contributed by atoms with Crippen molar-refractivity contribution < 1.29 is 9.53 Å². The van der Waals surface area contributed by atoms with Crippen LogP contribution in [0.3, 0.4) is 0 Å². The number of hydrogen-bond donors (Lipinski definition) is 2. The van der Waals surface area contributed by atoms with Gasteiger partial charge in [-0.15, -0.1) is 0 Å². The van der Waals surface area contributed by atoms with Gasteiger partial charge in [-0.1, -0.05) is 46.3 Å². The Morgan fingerprint density at radius 2 is 1.95 bits per heavy atom. The van der Waals surface area contributed by atoms with E-state index in [2.05, 4.69) is 21.2 Å². The molecular weight excluding hydrogens is 352 g/mol. The quantitative estimate of drug-likeness (QED) is 0.800. The molecule has 108 valence electrons. The Bertz CT molecular complexity index is 662. The average molecular weight is 365 g/mol. The van der Waals surface area contributed by atoms with Gasteiger partial charge in [0.15, 0.2) is 6.61 Å². The molecule has 0 aliphatic heterocycles. The van der Waals surface area contributed by atoms with Crippen LogP contribution in [0.5, 0.6) is 5.75 Å². The Labute approximate surface area is 136 Å². The van der Waals surface area contributed by atoms with Crippen LogP contribution in [0.25, 0.3) is 0 Å². The van der Waals surface area contributed by atoms with E-state index in [4.69, 9.17) is 22.7 Å². The number of anilines is 1. The molecule has 21 heavy (non-hydrogen) atoms. The number of halogens is 1. The van der Waals surface area contributed by atoms with Gasteiger partial charge in [0.05, 0.1) is 5.56 Å². The SMILES string of the molecule is NC(=S)c1cc(Br)ccc1OCC(=O)Nc1ccccc1. The van der Waals surface area contributed by atoms with E-state index < -0.39 is 0 Å². The van der Waals surface area contributed by atoms with Gasteiger partial charge in [-0.25, -0.2) is 0 Å². The summed E-state index contributed by atoms with van der Waals surface area (Å²) in [5.41, 5.74) is 6.95. The zero-order valence-corrected chi connectivity index (χ0v) is 13.4. The normalized spacial score (nSPS) is 9.95. The van der Waals surface area contributed by atoms with Crippen molar-refractivity contribution in [3.8, 4) is 5.75 Å². The fraction of sp³-hybridized carbons (Fsp3) is 0.0667. The van der Waals surface area contributed by atoms with E-state index in [1.54, 1.807) is 30.3 Å². The molecule has 0 radical (unpaired) electrons. The Hall–Kier alpha value is -1.92. The first kappa shape index (κ1) is 15.5. The fourth-order valence-corrected chi connectivity index (χ4v) is 2.20. The molecule has 0 saturated carbocycles. The summed E-state index contributed by atoms with van der Waals surface area (Å²) in [6, 6.07) is 14.4. The highest BCUT2D eigenvalue weighted by atomic mass is 79.9. The highest BCUT2D eigenvalue weighted by Crippen LogP contribution is 2.23. The molecular formula is C15H13BrN2O2S. The van der Waals surface area contributed by atoms with Crippen molar-refractivity contribution in [3.05, 3.63) is 58.6 Å². The molecule has 1 amide bonds. The molecule has 0 aliphatic rings. The predicted molar refractivity (Wildman–Crippen MR) is 90.6 cm³/mol. The molecule has 0 spiro atoms. The summed E-state index contributed by atoms with van der Waals surface area (Å²) < 4.78 is 6.33. The Kier molecular flexibility index (Phi) is 5.30. The van der Waals surface area contributed by atoms with Crippen molar-refractivity contribution in [3.63, 3.8) is 0 Å². The predicted octanol–water partition coefficient (Wildman–Crippen LogP) is 3.10. The van der Waals surface area contributed by atoms with Crippen LogP contribution in [0.2, 0.25) is 0 Å². The number of ether oxygens (including phenoxy) is 1. The van der Waals surface area contributed by atoms with Crippen LogP contribution in [0.4, 0.5) is 5.69 Å². The van der Waals surface area contributed by atoms with Gasteiger partial charge in [0, 0.05) is 10.2 Å². The lowest BCUT2D eigenvalue weighted by atomic mass is 10.2. The minimum atomic E-state index is -0.252. The van der Waals surface area contributed by atoms with E-state index in [0.29, 0.717) is 11.3 Å². The molecule has 0 aliphatic carbocycles. The maximum absolute atomic E-state index is 11.8. The summed E-state index contributed by atoms with van der Waals surface area (Å²) >= 11 is 8.31. The highest BCUT2D eigenvalue weighted by Gasteiger charge is 2.10. The monoisotopic (exact) mass is 364 g/mol. The van der Waals surface area contributed by atoms with Gasteiger partial charge < -0.3 is 15.8 Å². The lowest BCUT2D eigenvalue weighted by molar-refractivity contribution is -0.118. The molecule has 3 N–H and O–H groups in total. The molecule has 0 fully saturated rings. The Morgan fingerprint density at radius 1 is 1.24 bits per heavy atom. The molecule has 2 rings (SSSR count). The second kappa shape index (κ2) is 7.19. The number of carbonyl (C=O) groups is 1. The van der Waals surface area contributed by atoms with Crippen LogP contribution < -0.4 is 15.8 Å². The minimum absolute atomic E-state index is 0.119. The first-order chi connectivity index (χ1) is 10.1. The maximum atomic E-state index is 11.8. The van der Waals surface area contributed by atoms with Crippen molar-refractivity contribution in [1.29, 1.82) is 0 Å². The molecule has 4 nitrogen and oxygen atoms in total. The number of nitrogens with two attached hydrogens (primary N) is 1. The van der Waals surface area contributed by atoms with Crippen molar-refractivity contribution in [2.45, 2.75) is 0 Å². The van der Waals surface area contributed by atoms with Gasteiger partial charge in [0.2, 0.25) is 0 Å². The highest BCUT2D eigenvalue weighted by molar-refractivity contribution is 9.10. The standard InChI is InChI=1S/C15H13BrN2O2S/c16-10-6-7-13(12(8-10)15(17)21)20-9-14(19)18-11-4-2-1-3-5-11/h1-8H,9H2,(H2,17,21)(H,18,19). The largest absolute Gasteiger partial charge is 0.483 e. The zero-order valence-electron chi connectivity index (χ0n) is 11.0. The van der Waals surface area contributed by atoms with Crippen molar-refractivity contribution in [2.75, 3.05) is 11.9 Å². The van der Waals surface area contributed by atoms with Gasteiger partial charge in [-0.3, -0.25) is 4.79 Å². The summed E-state index contributed by atoms with van der Waals surface area (Å²) in [4.78, 5) is 12.0. The number of para-hydroxylation sites is 1. The summed E-state index contributed by atoms with van der Waals surface area (Å²) in [6.45, 7) is -0.119. The Balaban J connectivity index is 2.00. The average Bonchev–Trinajstić information content (AvgIpc) is 2.47. The molecule has 0 aromatic heterocycles. The molecule has 2 aromatic rings. The first-order valence-electron chi connectivity index (χ1n) is 6.13. The summed E-state index contributed by atoms with van der Waals surface area (Å²) in [7, 11) is 0. The molecule has 0 heterocycles. The first-order valence-corrected chi connectivity index (χ1v) is 7.33. The number of thiocarbonyl (C=S) groups is 1. The lowest BCUT2D eigenvalue weighted by Crippen LogP contribution is -2.21. The van der Waals surface area contributed by atoms with E-state index in [1.807, 2.05) is 18.2 Å². The van der Waals surface area contributed by atoms with E-state index >= 15 is 0 Å². The number of nitrogens with one attached hydrogen (secondary N) is 1. The van der Waals surface area contributed by atoms with Crippen LogP contribution in [0.1, 0.15) is 5.56 Å². The van der Waals surface area contributed by atoms with Crippen molar-refractivity contribution in [2.24, 2.45) is 5.73 Å². The summed E-state index contributed by atoms with van der Waals surface area (Å²) in [5.74, 6) is 0.229. The number of carbonyl (C=O) groups excluding carboxylic acids is 1. The van der Waals surface area contributed by atoms with Crippen LogP contribution in [-0.2, 0) is 4.79 Å². The topological polar surface area (TPSA) is 64.3 Å².